The molecule has 0 bridgehead atoms. The van der Waals surface area contributed by atoms with Crippen LogP contribution >= 0.6 is 0 Å². The van der Waals surface area contributed by atoms with Gasteiger partial charge in [-0.25, -0.2) is 0 Å². The van der Waals surface area contributed by atoms with E-state index in [1.807, 2.05) is 13.0 Å². The zero-order valence-electron chi connectivity index (χ0n) is 6.84. The van der Waals surface area contributed by atoms with Crippen LogP contribution in [0.4, 0.5) is 0 Å². The summed E-state index contributed by atoms with van der Waals surface area (Å²) < 4.78 is 0. The van der Waals surface area contributed by atoms with E-state index in [-0.39, 0.29) is 5.78 Å². The summed E-state index contributed by atoms with van der Waals surface area (Å²) in [6, 6.07) is 0. The Balaban J connectivity index is 2.67. The van der Waals surface area contributed by atoms with E-state index in [1.165, 1.54) is 0 Å². The molecule has 0 saturated carbocycles. The first-order chi connectivity index (χ1) is 5.25. The molecule has 0 saturated heterocycles. The van der Waals surface area contributed by atoms with Gasteiger partial charge in [0.25, 0.3) is 0 Å². The van der Waals surface area contributed by atoms with Gasteiger partial charge in [-0.2, -0.15) is 0 Å². The van der Waals surface area contributed by atoms with Crippen molar-refractivity contribution in [2.24, 2.45) is 0 Å². The van der Waals surface area contributed by atoms with Crippen LogP contribution in [0.3, 0.4) is 0 Å². The molecule has 0 heterocycles. The van der Waals surface area contributed by atoms with Crippen LogP contribution in [0.5, 0.6) is 0 Å². The molecule has 1 N–H and O–H groups in total. The average Bonchev–Trinajstić information content (AvgIpc) is 2.04. The number of hydrogen-bond acceptors (Lipinski definition) is 2. The fraction of sp³-hybridized carbons (Fsp3) is 0.667. The van der Waals surface area contributed by atoms with E-state index in [0.717, 1.165) is 12.8 Å². The molecule has 1 rings (SSSR count). The highest BCUT2D eigenvalue weighted by Gasteiger charge is 2.18. The highest BCUT2D eigenvalue weighted by atomic mass is 16.3. The van der Waals surface area contributed by atoms with Crippen molar-refractivity contribution in [2.75, 3.05) is 0 Å². The molecule has 0 aromatic heterocycles. The largest absolute Gasteiger partial charge is 0.388 e. The average molecular weight is 154 g/mol. The number of allylic oxidation sites excluding steroid dienone is 1. The smallest absolute Gasteiger partial charge is 0.161 e. The second-order valence-electron chi connectivity index (χ2n) is 2.90. The number of ketones is 1. The number of aliphatic hydroxyl groups is 1. The topological polar surface area (TPSA) is 37.3 Å². The van der Waals surface area contributed by atoms with Crippen molar-refractivity contribution in [3.05, 3.63) is 11.6 Å². The maximum absolute atomic E-state index is 11.2. The first-order valence-corrected chi connectivity index (χ1v) is 4.17. The van der Waals surface area contributed by atoms with Gasteiger partial charge in [-0.05, 0) is 19.3 Å². The van der Waals surface area contributed by atoms with Crippen LogP contribution in [-0.4, -0.2) is 17.0 Å². The van der Waals surface area contributed by atoms with Gasteiger partial charge in [0.1, 0.15) is 0 Å². The molecule has 0 fully saturated rings. The third-order valence-corrected chi connectivity index (χ3v) is 2.04. The third-order valence-electron chi connectivity index (χ3n) is 2.04. The molecule has 2 nitrogen and oxygen atoms in total. The SMILES string of the molecule is CC[C@H](O)C1=CCCCC1=O. The molecule has 0 radical (unpaired) electrons. The van der Waals surface area contributed by atoms with Gasteiger partial charge >= 0.3 is 0 Å². The molecular formula is C9H14O2. The minimum atomic E-state index is -0.525. The Labute approximate surface area is 66.9 Å². The van der Waals surface area contributed by atoms with Crippen LogP contribution in [0.2, 0.25) is 0 Å². The molecule has 1 aliphatic rings. The van der Waals surface area contributed by atoms with Crippen LogP contribution in [-0.2, 0) is 4.79 Å². The second kappa shape index (κ2) is 3.67. The summed E-state index contributed by atoms with van der Waals surface area (Å²) in [7, 11) is 0. The van der Waals surface area contributed by atoms with Crippen molar-refractivity contribution in [1.29, 1.82) is 0 Å². The lowest BCUT2D eigenvalue weighted by Gasteiger charge is -2.15. The number of aliphatic hydroxyl groups excluding tert-OH is 1. The van der Waals surface area contributed by atoms with E-state index in [0.29, 0.717) is 18.4 Å². The highest BCUT2D eigenvalue weighted by Crippen LogP contribution is 2.18. The Kier molecular flexibility index (Phi) is 2.83. The molecule has 0 aliphatic heterocycles. The minimum Gasteiger partial charge on any atom is -0.388 e. The zero-order chi connectivity index (χ0) is 8.27. The van der Waals surface area contributed by atoms with Crippen molar-refractivity contribution in [3.63, 3.8) is 0 Å². The number of rotatable bonds is 2. The van der Waals surface area contributed by atoms with Gasteiger partial charge in [0, 0.05) is 12.0 Å². The van der Waals surface area contributed by atoms with Crippen molar-refractivity contribution in [3.8, 4) is 0 Å². The second-order valence-corrected chi connectivity index (χ2v) is 2.90. The van der Waals surface area contributed by atoms with E-state index in [1.54, 1.807) is 0 Å². The Bertz CT molecular complexity index is 182. The molecule has 2 heteroatoms. The fourth-order valence-corrected chi connectivity index (χ4v) is 1.32. The van der Waals surface area contributed by atoms with E-state index < -0.39 is 6.10 Å². The molecule has 1 atom stereocenters. The van der Waals surface area contributed by atoms with Gasteiger partial charge in [0.05, 0.1) is 6.10 Å². The zero-order valence-corrected chi connectivity index (χ0v) is 6.84. The molecule has 0 aromatic rings. The summed E-state index contributed by atoms with van der Waals surface area (Å²) >= 11 is 0. The Morgan fingerprint density at radius 1 is 1.73 bits per heavy atom. The van der Waals surface area contributed by atoms with Crippen LogP contribution in [0.1, 0.15) is 32.6 Å². The molecule has 0 amide bonds. The molecule has 0 aromatic carbocycles. The van der Waals surface area contributed by atoms with Crippen LogP contribution in [0.25, 0.3) is 0 Å². The molecule has 11 heavy (non-hydrogen) atoms. The van der Waals surface area contributed by atoms with Gasteiger partial charge in [0.15, 0.2) is 5.78 Å². The molecule has 0 spiro atoms. The Morgan fingerprint density at radius 3 is 3.00 bits per heavy atom. The fourth-order valence-electron chi connectivity index (χ4n) is 1.32. The van der Waals surface area contributed by atoms with Crippen molar-refractivity contribution in [2.45, 2.75) is 38.7 Å². The molecule has 62 valence electrons. The summed E-state index contributed by atoms with van der Waals surface area (Å²) in [6.07, 6.45) is 4.49. The van der Waals surface area contributed by atoms with Crippen molar-refractivity contribution in [1.82, 2.24) is 0 Å². The Morgan fingerprint density at radius 2 is 2.45 bits per heavy atom. The predicted molar refractivity (Wildman–Crippen MR) is 43.2 cm³/mol. The van der Waals surface area contributed by atoms with Gasteiger partial charge in [-0.3, -0.25) is 4.79 Å². The number of hydrogen-bond donors (Lipinski definition) is 1. The number of Topliss-reactive ketones (excluding diaryl/α,β-unsaturated/α-hetero) is 1. The van der Waals surface area contributed by atoms with E-state index >= 15 is 0 Å². The summed E-state index contributed by atoms with van der Waals surface area (Å²) in [4.78, 5) is 11.2. The summed E-state index contributed by atoms with van der Waals surface area (Å²) in [5.41, 5.74) is 0.638. The van der Waals surface area contributed by atoms with Crippen LogP contribution < -0.4 is 0 Å². The maximum Gasteiger partial charge on any atom is 0.161 e. The van der Waals surface area contributed by atoms with E-state index in [2.05, 4.69) is 0 Å². The van der Waals surface area contributed by atoms with Gasteiger partial charge in [0.2, 0.25) is 0 Å². The van der Waals surface area contributed by atoms with Crippen LogP contribution in [0, 0.1) is 0 Å². The van der Waals surface area contributed by atoms with Crippen LogP contribution in [0.15, 0.2) is 11.6 Å². The maximum atomic E-state index is 11.2. The van der Waals surface area contributed by atoms with Crippen molar-refractivity contribution < 1.29 is 9.90 Å². The normalized spacial score (nSPS) is 21.3. The predicted octanol–water partition coefficient (Wildman–Crippen LogP) is 1.44. The first kappa shape index (κ1) is 8.47. The highest BCUT2D eigenvalue weighted by molar-refractivity contribution is 5.96. The lowest BCUT2D eigenvalue weighted by Crippen LogP contribution is -2.19. The monoisotopic (exact) mass is 154 g/mol. The standard InChI is InChI=1S/C9H14O2/c1-2-8(10)7-5-3-4-6-9(7)11/h5,8,10H,2-4,6H2,1H3/t8-/m0/s1. The van der Waals surface area contributed by atoms with E-state index in [9.17, 15) is 9.90 Å². The lowest BCUT2D eigenvalue weighted by atomic mass is 9.93. The lowest BCUT2D eigenvalue weighted by molar-refractivity contribution is -0.117. The number of carbonyl (C=O) groups is 1. The summed E-state index contributed by atoms with van der Waals surface area (Å²) in [6.45, 7) is 1.88. The third kappa shape index (κ3) is 1.90. The summed E-state index contributed by atoms with van der Waals surface area (Å²) in [5, 5.41) is 9.36. The van der Waals surface area contributed by atoms with Crippen molar-refractivity contribution >= 4 is 5.78 Å². The van der Waals surface area contributed by atoms with Gasteiger partial charge < -0.3 is 5.11 Å². The van der Waals surface area contributed by atoms with Gasteiger partial charge in [-0.15, -0.1) is 0 Å². The van der Waals surface area contributed by atoms with Gasteiger partial charge in [-0.1, -0.05) is 13.0 Å². The Hall–Kier alpha value is -0.630. The quantitative estimate of drug-likeness (QED) is 0.653. The minimum absolute atomic E-state index is 0.130. The molecule has 1 aliphatic carbocycles. The molecule has 0 unspecified atom stereocenters. The summed E-state index contributed by atoms with van der Waals surface area (Å²) in [5.74, 6) is 0.130. The first-order valence-electron chi connectivity index (χ1n) is 4.17. The van der Waals surface area contributed by atoms with E-state index in [4.69, 9.17) is 0 Å². The molecular weight excluding hydrogens is 140 g/mol. The number of carbonyl (C=O) groups excluding carboxylic acids is 1.